The Morgan fingerprint density at radius 2 is 2.31 bits per heavy atom. The van der Waals surface area contributed by atoms with Crippen molar-refractivity contribution in [3.8, 4) is 5.75 Å². The maximum absolute atomic E-state index is 11.5. The Morgan fingerprint density at radius 1 is 1.56 bits per heavy atom. The van der Waals surface area contributed by atoms with Crippen LogP contribution in [0.25, 0.3) is 0 Å². The molecule has 0 aliphatic rings. The zero-order chi connectivity index (χ0) is 12.0. The Balaban J connectivity index is 2.51. The molecule has 1 aromatic rings. The maximum atomic E-state index is 11.5. The summed E-state index contributed by atoms with van der Waals surface area (Å²) in [6, 6.07) is 7.66. The molecule has 1 N–H and O–H groups in total. The quantitative estimate of drug-likeness (QED) is 0.844. The molecule has 0 saturated carbocycles. The molecule has 1 aromatic carbocycles. The molecule has 0 radical (unpaired) electrons. The van der Waals surface area contributed by atoms with Crippen LogP contribution in [0.4, 0.5) is 0 Å². The molecule has 88 valence electrons. The van der Waals surface area contributed by atoms with Crippen LogP contribution in [0, 0.1) is 0 Å². The summed E-state index contributed by atoms with van der Waals surface area (Å²) in [5.74, 6) is 0.822. The highest BCUT2D eigenvalue weighted by Gasteiger charge is 2.11. The van der Waals surface area contributed by atoms with Crippen LogP contribution in [0.3, 0.4) is 0 Å². The van der Waals surface area contributed by atoms with Gasteiger partial charge in [0.25, 0.3) is 0 Å². The second-order valence-corrected chi connectivity index (χ2v) is 4.55. The van der Waals surface area contributed by atoms with Gasteiger partial charge in [-0.25, -0.2) is 0 Å². The first kappa shape index (κ1) is 13.0. The highest BCUT2D eigenvalue weighted by molar-refractivity contribution is 9.10. The molecular weight excluding hydrogens is 270 g/mol. The standard InChI is InChI=1S/C12H16BrNO2/c1-3-11(13)12(15)14-8-9-5-4-6-10(7-9)16-2/h4-7,11H,3,8H2,1-2H3,(H,14,15). The van der Waals surface area contributed by atoms with Crippen LogP contribution in [0.1, 0.15) is 18.9 Å². The molecule has 16 heavy (non-hydrogen) atoms. The molecule has 1 atom stereocenters. The van der Waals surface area contributed by atoms with Gasteiger partial charge < -0.3 is 10.1 Å². The summed E-state index contributed by atoms with van der Waals surface area (Å²) in [4.78, 5) is 11.4. The highest BCUT2D eigenvalue weighted by atomic mass is 79.9. The van der Waals surface area contributed by atoms with Crippen LogP contribution in [-0.4, -0.2) is 17.8 Å². The lowest BCUT2D eigenvalue weighted by atomic mass is 10.2. The van der Waals surface area contributed by atoms with Crippen molar-refractivity contribution in [2.24, 2.45) is 0 Å². The number of hydrogen-bond acceptors (Lipinski definition) is 2. The van der Waals surface area contributed by atoms with Crippen molar-refractivity contribution < 1.29 is 9.53 Å². The SMILES string of the molecule is CCC(Br)C(=O)NCc1cccc(OC)c1. The Kier molecular flexibility index (Phi) is 5.32. The number of methoxy groups -OCH3 is 1. The molecule has 1 unspecified atom stereocenters. The Labute approximate surface area is 104 Å². The van der Waals surface area contributed by atoms with Gasteiger partial charge in [0.15, 0.2) is 0 Å². The van der Waals surface area contributed by atoms with E-state index >= 15 is 0 Å². The molecule has 1 rings (SSSR count). The van der Waals surface area contributed by atoms with Gasteiger partial charge >= 0.3 is 0 Å². The van der Waals surface area contributed by atoms with Crippen molar-refractivity contribution in [3.05, 3.63) is 29.8 Å². The van der Waals surface area contributed by atoms with Crippen molar-refractivity contribution in [2.75, 3.05) is 7.11 Å². The van der Waals surface area contributed by atoms with Gasteiger partial charge in [0, 0.05) is 6.54 Å². The summed E-state index contributed by atoms with van der Waals surface area (Å²) < 4.78 is 5.11. The van der Waals surface area contributed by atoms with Crippen LogP contribution >= 0.6 is 15.9 Å². The smallest absolute Gasteiger partial charge is 0.234 e. The molecule has 0 fully saturated rings. The first-order valence-corrected chi connectivity index (χ1v) is 6.13. The lowest BCUT2D eigenvalue weighted by Crippen LogP contribution is -2.30. The molecular formula is C12H16BrNO2. The normalized spacial score (nSPS) is 11.9. The van der Waals surface area contributed by atoms with Crippen LogP contribution < -0.4 is 10.1 Å². The van der Waals surface area contributed by atoms with Crippen LogP contribution in [0.15, 0.2) is 24.3 Å². The molecule has 3 nitrogen and oxygen atoms in total. The topological polar surface area (TPSA) is 38.3 Å². The van der Waals surface area contributed by atoms with Crippen molar-refractivity contribution in [3.63, 3.8) is 0 Å². The molecule has 0 aliphatic heterocycles. The average molecular weight is 286 g/mol. The van der Waals surface area contributed by atoms with E-state index in [1.54, 1.807) is 7.11 Å². The number of hydrogen-bond donors (Lipinski definition) is 1. The minimum absolute atomic E-state index is 0.0188. The van der Waals surface area contributed by atoms with Crippen LogP contribution in [0.2, 0.25) is 0 Å². The number of rotatable bonds is 5. The monoisotopic (exact) mass is 285 g/mol. The molecule has 0 aromatic heterocycles. The number of carbonyl (C=O) groups excluding carboxylic acids is 1. The van der Waals surface area contributed by atoms with Gasteiger partial charge in [-0.15, -0.1) is 0 Å². The van der Waals surface area contributed by atoms with E-state index in [4.69, 9.17) is 4.74 Å². The van der Waals surface area contributed by atoms with Gasteiger partial charge in [-0.2, -0.15) is 0 Å². The lowest BCUT2D eigenvalue weighted by Gasteiger charge is -2.09. The summed E-state index contributed by atoms with van der Waals surface area (Å²) in [5, 5.41) is 2.86. The van der Waals surface area contributed by atoms with Gasteiger partial charge in [0.1, 0.15) is 5.75 Å². The predicted molar refractivity (Wildman–Crippen MR) is 67.8 cm³/mol. The number of amides is 1. The largest absolute Gasteiger partial charge is 0.497 e. The molecule has 4 heteroatoms. The van der Waals surface area contributed by atoms with E-state index in [1.807, 2.05) is 31.2 Å². The van der Waals surface area contributed by atoms with Crippen LogP contribution in [-0.2, 0) is 11.3 Å². The molecule has 0 saturated heterocycles. The van der Waals surface area contributed by atoms with E-state index in [0.29, 0.717) is 6.54 Å². The minimum Gasteiger partial charge on any atom is -0.497 e. The third kappa shape index (κ3) is 3.85. The van der Waals surface area contributed by atoms with Crippen LogP contribution in [0.5, 0.6) is 5.75 Å². The van der Waals surface area contributed by atoms with Gasteiger partial charge in [-0.05, 0) is 24.1 Å². The van der Waals surface area contributed by atoms with E-state index in [-0.39, 0.29) is 10.7 Å². The summed E-state index contributed by atoms with van der Waals surface area (Å²) in [6.07, 6.45) is 0.782. The fraction of sp³-hybridized carbons (Fsp3) is 0.417. The first-order valence-electron chi connectivity index (χ1n) is 5.22. The van der Waals surface area contributed by atoms with E-state index in [2.05, 4.69) is 21.2 Å². The average Bonchev–Trinajstić information content (AvgIpc) is 2.35. The Hall–Kier alpha value is -1.03. The lowest BCUT2D eigenvalue weighted by molar-refractivity contribution is -0.120. The first-order chi connectivity index (χ1) is 7.67. The maximum Gasteiger partial charge on any atom is 0.234 e. The van der Waals surface area contributed by atoms with Gasteiger partial charge in [-0.3, -0.25) is 4.79 Å². The number of halogens is 1. The third-order valence-electron chi connectivity index (χ3n) is 2.24. The van der Waals surface area contributed by atoms with E-state index in [9.17, 15) is 4.79 Å². The fourth-order valence-electron chi connectivity index (χ4n) is 1.27. The predicted octanol–water partition coefficient (Wildman–Crippen LogP) is 2.48. The summed E-state index contributed by atoms with van der Waals surface area (Å²) in [7, 11) is 1.63. The van der Waals surface area contributed by atoms with Gasteiger partial charge in [0.2, 0.25) is 5.91 Å². The van der Waals surface area contributed by atoms with Crippen molar-refractivity contribution in [1.82, 2.24) is 5.32 Å². The van der Waals surface area contributed by atoms with E-state index < -0.39 is 0 Å². The van der Waals surface area contributed by atoms with E-state index in [1.165, 1.54) is 0 Å². The number of benzene rings is 1. The van der Waals surface area contributed by atoms with Gasteiger partial charge in [-0.1, -0.05) is 35.0 Å². The minimum atomic E-state index is -0.113. The molecule has 1 amide bonds. The fourth-order valence-corrected chi connectivity index (χ4v) is 1.43. The summed E-state index contributed by atoms with van der Waals surface area (Å²) in [6.45, 7) is 2.49. The molecule has 0 aliphatic carbocycles. The van der Waals surface area contributed by atoms with E-state index in [0.717, 1.165) is 17.7 Å². The zero-order valence-electron chi connectivity index (χ0n) is 9.50. The van der Waals surface area contributed by atoms with Crippen molar-refractivity contribution in [2.45, 2.75) is 24.7 Å². The number of carbonyl (C=O) groups is 1. The zero-order valence-corrected chi connectivity index (χ0v) is 11.1. The van der Waals surface area contributed by atoms with Gasteiger partial charge in [0.05, 0.1) is 11.9 Å². The Morgan fingerprint density at radius 3 is 2.94 bits per heavy atom. The van der Waals surface area contributed by atoms with Crippen molar-refractivity contribution >= 4 is 21.8 Å². The third-order valence-corrected chi connectivity index (χ3v) is 3.31. The molecule has 0 bridgehead atoms. The second kappa shape index (κ2) is 6.53. The Bertz CT molecular complexity index is 355. The number of alkyl halides is 1. The second-order valence-electron chi connectivity index (χ2n) is 3.45. The highest BCUT2D eigenvalue weighted by Crippen LogP contribution is 2.12. The summed E-state index contributed by atoms with van der Waals surface area (Å²) in [5.41, 5.74) is 1.03. The van der Waals surface area contributed by atoms with Crippen molar-refractivity contribution in [1.29, 1.82) is 0 Å². The molecule has 0 heterocycles. The number of nitrogens with one attached hydrogen (secondary N) is 1. The number of ether oxygens (including phenoxy) is 1. The summed E-state index contributed by atoms with van der Waals surface area (Å²) >= 11 is 3.31. The molecule has 0 spiro atoms.